The third-order valence-electron chi connectivity index (χ3n) is 3.68. The van der Waals surface area contributed by atoms with Crippen molar-refractivity contribution in [3.63, 3.8) is 0 Å². The summed E-state index contributed by atoms with van der Waals surface area (Å²) < 4.78 is 26.5. The monoisotopic (exact) mass is 279 g/mol. The molecule has 2 rings (SSSR count). The second-order valence-corrected chi connectivity index (χ2v) is 6.79. The number of nitriles is 1. The zero-order chi connectivity index (χ0) is 14.2. The lowest BCUT2D eigenvalue weighted by atomic mass is 10.1. The number of sulfonamides is 1. The van der Waals surface area contributed by atoms with E-state index >= 15 is 0 Å². The van der Waals surface area contributed by atoms with Gasteiger partial charge in [-0.2, -0.15) is 9.57 Å². The molecule has 6 heteroatoms. The first-order valence-electron chi connectivity index (χ1n) is 6.16. The lowest BCUT2D eigenvalue weighted by Gasteiger charge is -2.22. The van der Waals surface area contributed by atoms with Crippen LogP contribution < -0.4 is 5.73 Å². The summed E-state index contributed by atoms with van der Waals surface area (Å²) in [4.78, 5) is 0.227. The van der Waals surface area contributed by atoms with E-state index in [9.17, 15) is 8.42 Å². The van der Waals surface area contributed by atoms with Crippen molar-refractivity contribution in [2.45, 2.75) is 37.2 Å². The summed E-state index contributed by atoms with van der Waals surface area (Å²) in [5.74, 6) is 0. The Morgan fingerprint density at radius 1 is 1.47 bits per heavy atom. The average molecular weight is 279 g/mol. The van der Waals surface area contributed by atoms with Crippen LogP contribution in [0.1, 0.15) is 24.5 Å². The van der Waals surface area contributed by atoms with Gasteiger partial charge in [0, 0.05) is 18.6 Å². The third kappa shape index (κ3) is 2.37. The van der Waals surface area contributed by atoms with Gasteiger partial charge in [-0.15, -0.1) is 0 Å². The van der Waals surface area contributed by atoms with Crippen LogP contribution in [0.5, 0.6) is 0 Å². The summed E-state index contributed by atoms with van der Waals surface area (Å²) in [6.45, 7) is 4.01. The highest BCUT2D eigenvalue weighted by Crippen LogP contribution is 2.26. The quantitative estimate of drug-likeness (QED) is 0.874. The first-order valence-corrected chi connectivity index (χ1v) is 7.60. The van der Waals surface area contributed by atoms with E-state index in [1.54, 1.807) is 19.1 Å². The van der Waals surface area contributed by atoms with E-state index in [2.05, 4.69) is 0 Å². The van der Waals surface area contributed by atoms with Gasteiger partial charge in [0.05, 0.1) is 16.5 Å². The van der Waals surface area contributed by atoms with Gasteiger partial charge < -0.3 is 5.73 Å². The SMILES string of the molecule is Cc1cc(S(=O)(=O)N2CCC(N)C2C)ccc1C#N. The molecular weight excluding hydrogens is 262 g/mol. The maximum Gasteiger partial charge on any atom is 0.243 e. The highest BCUT2D eigenvalue weighted by molar-refractivity contribution is 7.89. The average Bonchev–Trinajstić information content (AvgIpc) is 2.70. The van der Waals surface area contributed by atoms with Crippen LogP contribution in [0.2, 0.25) is 0 Å². The van der Waals surface area contributed by atoms with Gasteiger partial charge in [0.2, 0.25) is 10.0 Å². The number of nitrogens with zero attached hydrogens (tertiary/aromatic N) is 2. The number of hydrogen-bond donors (Lipinski definition) is 1. The fraction of sp³-hybridized carbons (Fsp3) is 0.462. The van der Waals surface area contributed by atoms with Crippen LogP contribution in [0.25, 0.3) is 0 Å². The van der Waals surface area contributed by atoms with Crippen molar-refractivity contribution in [2.75, 3.05) is 6.54 Å². The molecule has 0 spiro atoms. The van der Waals surface area contributed by atoms with Gasteiger partial charge in [-0.3, -0.25) is 0 Å². The summed E-state index contributed by atoms with van der Waals surface area (Å²) in [6.07, 6.45) is 0.676. The molecule has 1 aliphatic rings. The van der Waals surface area contributed by atoms with E-state index < -0.39 is 10.0 Å². The first-order chi connectivity index (χ1) is 8.87. The highest BCUT2D eigenvalue weighted by atomic mass is 32.2. The minimum atomic E-state index is -3.52. The predicted molar refractivity (Wildman–Crippen MR) is 71.8 cm³/mol. The highest BCUT2D eigenvalue weighted by Gasteiger charge is 2.37. The van der Waals surface area contributed by atoms with E-state index in [1.807, 2.05) is 13.0 Å². The van der Waals surface area contributed by atoms with Crippen molar-refractivity contribution >= 4 is 10.0 Å². The zero-order valence-corrected chi connectivity index (χ0v) is 11.8. The van der Waals surface area contributed by atoms with Gasteiger partial charge >= 0.3 is 0 Å². The Morgan fingerprint density at radius 3 is 2.63 bits per heavy atom. The Bertz CT molecular complexity index is 634. The van der Waals surface area contributed by atoms with Gasteiger partial charge in [0.15, 0.2) is 0 Å². The van der Waals surface area contributed by atoms with Crippen LogP contribution in [0.3, 0.4) is 0 Å². The van der Waals surface area contributed by atoms with Crippen LogP contribution in [-0.2, 0) is 10.0 Å². The summed E-state index contributed by atoms with van der Waals surface area (Å²) in [7, 11) is -3.52. The number of nitrogens with two attached hydrogens (primary N) is 1. The van der Waals surface area contributed by atoms with Crippen molar-refractivity contribution in [1.29, 1.82) is 5.26 Å². The Hall–Kier alpha value is -1.42. The fourth-order valence-corrected chi connectivity index (χ4v) is 4.11. The standard InChI is InChI=1S/C13H17N3O2S/c1-9-7-12(4-3-11(9)8-14)19(17,18)16-6-5-13(15)10(16)2/h3-4,7,10,13H,5-6,15H2,1-2H3. The molecule has 1 heterocycles. The van der Waals surface area contributed by atoms with Gasteiger partial charge in [0.25, 0.3) is 0 Å². The minimum Gasteiger partial charge on any atom is -0.326 e. The summed E-state index contributed by atoms with van der Waals surface area (Å²) in [6, 6.07) is 6.30. The molecule has 1 fully saturated rings. The van der Waals surface area contributed by atoms with Crippen molar-refractivity contribution in [2.24, 2.45) is 5.73 Å². The maximum absolute atomic E-state index is 12.5. The van der Waals surface area contributed by atoms with E-state index in [0.717, 1.165) is 0 Å². The molecule has 0 bridgehead atoms. The molecule has 1 aliphatic heterocycles. The molecule has 102 valence electrons. The topological polar surface area (TPSA) is 87.2 Å². The molecule has 2 atom stereocenters. The van der Waals surface area contributed by atoms with Crippen molar-refractivity contribution in [1.82, 2.24) is 4.31 Å². The van der Waals surface area contributed by atoms with Gasteiger partial charge in [0.1, 0.15) is 0 Å². The molecule has 0 aliphatic carbocycles. The van der Waals surface area contributed by atoms with Crippen LogP contribution in [0, 0.1) is 18.3 Å². The van der Waals surface area contributed by atoms with Crippen molar-refractivity contribution in [3.05, 3.63) is 29.3 Å². The second kappa shape index (κ2) is 4.93. The summed E-state index contributed by atoms with van der Waals surface area (Å²) in [5, 5.41) is 8.87. The molecule has 0 aromatic heterocycles. The van der Waals surface area contributed by atoms with E-state index in [0.29, 0.717) is 24.1 Å². The Kier molecular flexibility index (Phi) is 3.63. The van der Waals surface area contributed by atoms with E-state index in [1.165, 1.54) is 10.4 Å². The molecule has 1 saturated heterocycles. The van der Waals surface area contributed by atoms with Crippen LogP contribution in [-0.4, -0.2) is 31.4 Å². The van der Waals surface area contributed by atoms with E-state index in [4.69, 9.17) is 11.0 Å². The Morgan fingerprint density at radius 2 is 2.16 bits per heavy atom. The normalized spacial score (nSPS) is 24.3. The molecule has 2 N–H and O–H groups in total. The number of aryl methyl sites for hydroxylation is 1. The number of benzene rings is 1. The number of hydrogen-bond acceptors (Lipinski definition) is 4. The molecule has 0 amide bonds. The van der Waals surface area contributed by atoms with Crippen LogP contribution >= 0.6 is 0 Å². The van der Waals surface area contributed by atoms with Gasteiger partial charge in [-0.05, 0) is 44.0 Å². The fourth-order valence-electron chi connectivity index (χ4n) is 2.33. The van der Waals surface area contributed by atoms with Crippen LogP contribution in [0.4, 0.5) is 0 Å². The molecule has 0 radical (unpaired) electrons. The molecule has 1 aromatic carbocycles. The summed E-state index contributed by atoms with van der Waals surface area (Å²) >= 11 is 0. The second-order valence-electron chi connectivity index (χ2n) is 4.90. The molecule has 2 unspecified atom stereocenters. The van der Waals surface area contributed by atoms with E-state index in [-0.39, 0.29) is 17.0 Å². The summed E-state index contributed by atoms with van der Waals surface area (Å²) in [5.41, 5.74) is 7.03. The molecular formula is C13H17N3O2S. The van der Waals surface area contributed by atoms with Crippen molar-refractivity contribution < 1.29 is 8.42 Å². The zero-order valence-electron chi connectivity index (χ0n) is 11.0. The van der Waals surface area contributed by atoms with Crippen molar-refractivity contribution in [3.8, 4) is 6.07 Å². The Labute approximate surface area is 113 Å². The maximum atomic E-state index is 12.5. The lowest BCUT2D eigenvalue weighted by molar-refractivity contribution is 0.393. The molecule has 19 heavy (non-hydrogen) atoms. The number of rotatable bonds is 2. The minimum absolute atomic E-state index is 0.116. The van der Waals surface area contributed by atoms with Gasteiger partial charge in [-0.1, -0.05) is 0 Å². The molecule has 5 nitrogen and oxygen atoms in total. The largest absolute Gasteiger partial charge is 0.326 e. The lowest BCUT2D eigenvalue weighted by Crippen LogP contribution is -2.40. The Balaban J connectivity index is 2.41. The molecule has 0 saturated carbocycles. The first kappa shape index (κ1) is 14.0. The van der Waals surface area contributed by atoms with Gasteiger partial charge in [-0.25, -0.2) is 8.42 Å². The predicted octanol–water partition coefficient (Wildman–Crippen LogP) is 0.977. The third-order valence-corrected chi connectivity index (χ3v) is 5.66. The van der Waals surface area contributed by atoms with Crippen LogP contribution in [0.15, 0.2) is 23.1 Å². The molecule has 1 aromatic rings. The smallest absolute Gasteiger partial charge is 0.243 e.